The van der Waals surface area contributed by atoms with E-state index in [1.165, 1.54) is 24.3 Å². The molecule has 0 aliphatic heterocycles. The zero-order valence-electron chi connectivity index (χ0n) is 10.2. The third kappa shape index (κ3) is 4.91. The lowest BCUT2D eigenvalue weighted by molar-refractivity contribution is -0.139. The van der Waals surface area contributed by atoms with Gasteiger partial charge >= 0.3 is 5.97 Å². The van der Waals surface area contributed by atoms with Gasteiger partial charge < -0.3 is 10.8 Å². The van der Waals surface area contributed by atoms with Gasteiger partial charge in [0.1, 0.15) is 6.04 Å². The van der Waals surface area contributed by atoms with E-state index < -0.39 is 27.9 Å². The highest BCUT2D eigenvalue weighted by atomic mass is 79.9. The fraction of sp³-hybridized carbons (Fsp3) is 0.273. The van der Waals surface area contributed by atoms with Crippen molar-refractivity contribution in [3.63, 3.8) is 0 Å². The van der Waals surface area contributed by atoms with Crippen molar-refractivity contribution in [1.29, 1.82) is 0 Å². The molecule has 1 atom stereocenters. The average Bonchev–Trinajstić information content (AvgIpc) is 2.34. The topological polar surface area (TPSA) is 127 Å². The van der Waals surface area contributed by atoms with Crippen LogP contribution in [0.15, 0.2) is 33.6 Å². The molecule has 1 rings (SSSR count). The fourth-order valence-corrected chi connectivity index (χ4v) is 2.88. The number of carboxylic acids is 1. The molecule has 0 radical (unpaired) electrons. The van der Waals surface area contributed by atoms with Crippen molar-refractivity contribution in [2.45, 2.75) is 23.8 Å². The fourth-order valence-electron chi connectivity index (χ4n) is 1.39. The number of hydrogen-bond donors (Lipinski definition) is 3. The number of benzene rings is 1. The summed E-state index contributed by atoms with van der Waals surface area (Å²) in [5.74, 6) is -2.06. The van der Waals surface area contributed by atoms with Crippen molar-refractivity contribution in [3.05, 3.63) is 28.7 Å². The van der Waals surface area contributed by atoms with E-state index in [2.05, 4.69) is 15.9 Å². The third-order valence-corrected chi connectivity index (χ3v) is 4.42. The third-order valence-electron chi connectivity index (χ3n) is 2.40. The second kappa shape index (κ2) is 6.82. The van der Waals surface area contributed by atoms with Gasteiger partial charge in [-0.2, -0.15) is 4.72 Å². The van der Waals surface area contributed by atoms with Crippen molar-refractivity contribution in [2.24, 2.45) is 5.73 Å². The summed E-state index contributed by atoms with van der Waals surface area (Å²) >= 11 is 3.17. The SMILES string of the molecule is NC(=O)CC[C@H](NS(=O)(=O)c1ccc(Br)cc1)C(=O)O. The number of aliphatic carboxylic acids is 1. The van der Waals surface area contributed by atoms with Crippen molar-refractivity contribution in [1.82, 2.24) is 4.72 Å². The van der Waals surface area contributed by atoms with Crippen molar-refractivity contribution in [2.75, 3.05) is 0 Å². The Hall–Kier alpha value is -1.45. The smallest absolute Gasteiger partial charge is 0.321 e. The minimum absolute atomic E-state index is 0.0639. The van der Waals surface area contributed by atoms with Crippen LogP contribution in [-0.4, -0.2) is 31.4 Å². The van der Waals surface area contributed by atoms with Crippen LogP contribution in [-0.2, 0) is 19.6 Å². The zero-order valence-corrected chi connectivity index (χ0v) is 12.6. The Kier molecular flexibility index (Phi) is 5.66. The van der Waals surface area contributed by atoms with Crippen LogP contribution in [0.1, 0.15) is 12.8 Å². The van der Waals surface area contributed by atoms with E-state index in [-0.39, 0.29) is 17.7 Å². The van der Waals surface area contributed by atoms with Gasteiger partial charge in [0.05, 0.1) is 4.90 Å². The summed E-state index contributed by atoms with van der Waals surface area (Å²) in [4.78, 5) is 21.6. The molecule has 0 bridgehead atoms. The molecule has 0 aliphatic rings. The maximum Gasteiger partial charge on any atom is 0.321 e. The first-order valence-corrected chi connectivity index (χ1v) is 7.79. The minimum atomic E-state index is -3.97. The summed E-state index contributed by atoms with van der Waals surface area (Å²) in [5.41, 5.74) is 4.92. The summed E-state index contributed by atoms with van der Waals surface area (Å²) in [6.45, 7) is 0. The van der Waals surface area contributed by atoms with Gasteiger partial charge in [-0.05, 0) is 30.7 Å². The summed E-state index contributed by atoms with van der Waals surface area (Å²) < 4.78 is 26.7. The van der Waals surface area contributed by atoms with Crippen molar-refractivity contribution < 1.29 is 23.1 Å². The van der Waals surface area contributed by atoms with E-state index in [0.29, 0.717) is 4.47 Å². The molecule has 0 heterocycles. The summed E-state index contributed by atoms with van der Waals surface area (Å²) in [7, 11) is -3.97. The summed E-state index contributed by atoms with van der Waals surface area (Å²) in [6, 6.07) is 4.30. The standard InChI is InChI=1S/C11H13BrN2O5S/c12-7-1-3-8(4-2-7)20(18,19)14-9(11(16)17)5-6-10(13)15/h1-4,9,14H,5-6H2,(H2,13,15)(H,16,17)/t9-/m0/s1. The van der Waals surface area contributed by atoms with Crippen LogP contribution in [0.4, 0.5) is 0 Å². The minimum Gasteiger partial charge on any atom is -0.480 e. The maximum atomic E-state index is 12.0. The number of carbonyl (C=O) groups is 2. The van der Waals surface area contributed by atoms with E-state index in [9.17, 15) is 18.0 Å². The molecule has 0 spiro atoms. The van der Waals surface area contributed by atoms with Crippen LogP contribution >= 0.6 is 15.9 Å². The zero-order chi connectivity index (χ0) is 15.3. The van der Waals surface area contributed by atoms with E-state index in [1.54, 1.807) is 0 Å². The number of amides is 1. The molecule has 7 nitrogen and oxygen atoms in total. The summed E-state index contributed by atoms with van der Waals surface area (Å²) in [5, 5.41) is 8.95. The van der Waals surface area contributed by atoms with Gasteiger partial charge in [-0.25, -0.2) is 8.42 Å². The molecule has 1 aromatic rings. The predicted molar refractivity (Wildman–Crippen MR) is 74.3 cm³/mol. The normalized spacial score (nSPS) is 12.8. The molecular formula is C11H13BrN2O5S. The number of sulfonamides is 1. The molecule has 110 valence electrons. The van der Waals surface area contributed by atoms with Gasteiger partial charge in [-0.15, -0.1) is 0 Å². The molecule has 4 N–H and O–H groups in total. The Morgan fingerprint density at radius 2 is 1.85 bits per heavy atom. The largest absolute Gasteiger partial charge is 0.480 e. The molecular weight excluding hydrogens is 352 g/mol. The Morgan fingerprint density at radius 1 is 1.30 bits per heavy atom. The number of halogens is 1. The Labute approximate surface area is 124 Å². The van der Waals surface area contributed by atoms with Gasteiger partial charge in [-0.3, -0.25) is 9.59 Å². The first kappa shape index (κ1) is 16.6. The molecule has 1 aromatic carbocycles. The monoisotopic (exact) mass is 364 g/mol. The Morgan fingerprint density at radius 3 is 2.30 bits per heavy atom. The number of nitrogens with one attached hydrogen (secondary N) is 1. The molecule has 0 saturated carbocycles. The first-order chi connectivity index (χ1) is 9.22. The van der Waals surface area contributed by atoms with Gasteiger partial charge in [-0.1, -0.05) is 15.9 Å². The number of carbonyl (C=O) groups excluding carboxylic acids is 1. The van der Waals surface area contributed by atoms with Gasteiger partial charge in [0.2, 0.25) is 15.9 Å². The second-order valence-corrected chi connectivity index (χ2v) is 6.60. The highest BCUT2D eigenvalue weighted by Gasteiger charge is 2.25. The number of carboxylic acid groups (broad SMARTS) is 1. The van der Waals surface area contributed by atoms with Crippen LogP contribution in [0.5, 0.6) is 0 Å². The number of rotatable bonds is 7. The highest BCUT2D eigenvalue weighted by molar-refractivity contribution is 9.10. The molecule has 0 fully saturated rings. The molecule has 9 heteroatoms. The van der Waals surface area contributed by atoms with Crippen molar-refractivity contribution >= 4 is 37.8 Å². The van der Waals surface area contributed by atoms with Crippen LogP contribution in [0.3, 0.4) is 0 Å². The second-order valence-electron chi connectivity index (χ2n) is 3.97. The number of nitrogens with two attached hydrogens (primary N) is 1. The summed E-state index contributed by atoms with van der Waals surface area (Å²) in [6.07, 6.45) is -0.430. The Bertz CT molecular complexity index is 600. The predicted octanol–water partition coefficient (Wildman–Crippen LogP) is 0.446. The molecule has 0 aliphatic carbocycles. The van der Waals surface area contributed by atoms with Crippen LogP contribution < -0.4 is 10.5 Å². The van der Waals surface area contributed by atoms with E-state index >= 15 is 0 Å². The van der Waals surface area contributed by atoms with Crippen LogP contribution in [0, 0.1) is 0 Å². The molecule has 0 unspecified atom stereocenters. The van der Waals surface area contributed by atoms with Crippen LogP contribution in [0.2, 0.25) is 0 Å². The van der Waals surface area contributed by atoms with Gasteiger partial charge in [0.25, 0.3) is 0 Å². The molecule has 0 saturated heterocycles. The number of primary amides is 1. The lowest BCUT2D eigenvalue weighted by atomic mass is 10.2. The van der Waals surface area contributed by atoms with E-state index in [1.807, 2.05) is 4.72 Å². The Balaban J connectivity index is 2.88. The van der Waals surface area contributed by atoms with Crippen molar-refractivity contribution in [3.8, 4) is 0 Å². The quantitative estimate of drug-likeness (QED) is 0.647. The molecule has 1 amide bonds. The van der Waals surface area contributed by atoms with Gasteiger partial charge in [0.15, 0.2) is 0 Å². The van der Waals surface area contributed by atoms with Gasteiger partial charge in [0, 0.05) is 10.9 Å². The lowest BCUT2D eigenvalue weighted by Gasteiger charge is -2.14. The van der Waals surface area contributed by atoms with E-state index in [0.717, 1.165) is 0 Å². The number of hydrogen-bond acceptors (Lipinski definition) is 4. The first-order valence-electron chi connectivity index (χ1n) is 5.51. The van der Waals surface area contributed by atoms with Crippen LogP contribution in [0.25, 0.3) is 0 Å². The maximum absolute atomic E-state index is 12.0. The highest BCUT2D eigenvalue weighted by Crippen LogP contribution is 2.15. The van der Waals surface area contributed by atoms with E-state index in [4.69, 9.17) is 10.8 Å². The average molecular weight is 365 g/mol. The lowest BCUT2D eigenvalue weighted by Crippen LogP contribution is -2.41. The molecule has 20 heavy (non-hydrogen) atoms. The molecule has 0 aromatic heterocycles.